The first-order chi connectivity index (χ1) is 15.0. The van der Waals surface area contributed by atoms with Crippen LogP contribution in [-0.4, -0.2) is 37.9 Å². The van der Waals surface area contributed by atoms with Crippen molar-refractivity contribution in [3.8, 4) is 29.0 Å². The summed E-state index contributed by atoms with van der Waals surface area (Å²) in [5.41, 5.74) is 3.29. The highest BCUT2D eigenvalue weighted by atomic mass is 32.2. The molecular formula is C22H18FN5O2S. The van der Waals surface area contributed by atoms with Crippen molar-refractivity contribution < 1.29 is 14.2 Å². The van der Waals surface area contributed by atoms with Crippen LogP contribution in [0, 0.1) is 17.7 Å². The van der Waals surface area contributed by atoms with Gasteiger partial charge in [-0.1, -0.05) is 5.92 Å². The van der Waals surface area contributed by atoms with Crippen LogP contribution in [0.5, 0.6) is 5.88 Å². The van der Waals surface area contributed by atoms with Crippen molar-refractivity contribution in [3.05, 3.63) is 66.4 Å². The zero-order valence-corrected chi connectivity index (χ0v) is 17.5. The van der Waals surface area contributed by atoms with Crippen molar-refractivity contribution in [2.24, 2.45) is 0 Å². The fourth-order valence-corrected chi connectivity index (χ4v) is 3.38. The number of fused-ring (bicyclic) bond motifs is 1. The molecule has 7 nitrogen and oxygen atoms in total. The van der Waals surface area contributed by atoms with Crippen LogP contribution in [0.2, 0.25) is 0 Å². The van der Waals surface area contributed by atoms with E-state index >= 15 is 0 Å². The molecule has 0 radical (unpaired) electrons. The Morgan fingerprint density at radius 3 is 2.71 bits per heavy atom. The molecule has 0 fully saturated rings. The minimum atomic E-state index is -0.744. The smallest absolute Gasteiger partial charge is 0.237 e. The van der Waals surface area contributed by atoms with Crippen LogP contribution in [0.3, 0.4) is 0 Å². The number of anilines is 1. The number of nitrogens with one attached hydrogen (secondary N) is 1. The normalized spacial score (nSPS) is 11.6. The van der Waals surface area contributed by atoms with Gasteiger partial charge in [0.2, 0.25) is 5.88 Å². The second-order valence-electron chi connectivity index (χ2n) is 6.52. The number of rotatable bonds is 5. The van der Waals surface area contributed by atoms with Crippen LogP contribution in [0.4, 0.5) is 10.1 Å². The molecule has 4 rings (SSSR count). The molecule has 3 heterocycles. The molecular weight excluding hydrogens is 417 g/mol. The van der Waals surface area contributed by atoms with E-state index in [9.17, 15) is 9.50 Å². The Morgan fingerprint density at radius 1 is 1.16 bits per heavy atom. The number of aliphatic hydroxyl groups is 1. The molecule has 9 heteroatoms. The Morgan fingerprint density at radius 2 is 1.97 bits per heavy atom. The topological polar surface area (TPSA) is 84.6 Å². The zero-order chi connectivity index (χ0) is 21.8. The van der Waals surface area contributed by atoms with Gasteiger partial charge in [-0.05, 0) is 67.3 Å². The van der Waals surface area contributed by atoms with Crippen molar-refractivity contribution in [2.75, 3.05) is 11.8 Å². The van der Waals surface area contributed by atoms with Crippen molar-refractivity contribution in [1.29, 1.82) is 0 Å². The predicted octanol–water partition coefficient (Wildman–Crippen LogP) is 3.79. The highest BCUT2D eigenvalue weighted by Gasteiger charge is 2.11. The summed E-state index contributed by atoms with van der Waals surface area (Å²) in [6.45, 7) is 1.59. The Kier molecular flexibility index (Phi) is 6.02. The monoisotopic (exact) mass is 435 g/mol. The molecule has 0 aliphatic heterocycles. The van der Waals surface area contributed by atoms with Gasteiger partial charge >= 0.3 is 0 Å². The van der Waals surface area contributed by atoms with Crippen molar-refractivity contribution in [3.63, 3.8) is 0 Å². The van der Waals surface area contributed by atoms with Gasteiger partial charge in [-0.2, -0.15) is 5.10 Å². The van der Waals surface area contributed by atoms with Crippen molar-refractivity contribution in [1.82, 2.24) is 19.6 Å². The second-order valence-corrected chi connectivity index (χ2v) is 7.40. The minimum Gasteiger partial charge on any atom is -0.480 e. The fraction of sp³-hybridized carbons (Fsp3) is 0.136. The van der Waals surface area contributed by atoms with E-state index in [1.807, 2.05) is 18.2 Å². The van der Waals surface area contributed by atoms with Crippen LogP contribution in [0.25, 0.3) is 16.9 Å². The number of benzene rings is 1. The maximum atomic E-state index is 13.1. The van der Waals surface area contributed by atoms with Gasteiger partial charge in [-0.25, -0.2) is 18.9 Å². The van der Waals surface area contributed by atoms with Gasteiger partial charge in [0.1, 0.15) is 23.3 Å². The molecule has 1 atom stereocenters. The standard InChI is InChI=1S/C22H18FN5O2S/c1-14(29)3-6-17-13-24-21-10-9-19(26-28(17)21)15-11-20(22(30-2)25-12-15)27-31-18-7-4-16(23)5-8-18/h4-5,7-14,27,29H,1-2H3. The molecule has 1 unspecified atom stereocenters. The first kappa shape index (κ1) is 20.7. The number of halogens is 1. The van der Waals surface area contributed by atoms with Gasteiger partial charge in [-0.3, -0.25) is 0 Å². The number of nitrogens with zero attached hydrogens (tertiary/aromatic N) is 4. The first-order valence-electron chi connectivity index (χ1n) is 9.31. The third-order valence-electron chi connectivity index (χ3n) is 4.20. The Bertz CT molecular complexity index is 1280. The molecule has 4 aromatic rings. The molecule has 0 saturated heterocycles. The first-order valence-corrected chi connectivity index (χ1v) is 10.1. The molecule has 3 aromatic heterocycles. The average molecular weight is 435 g/mol. The molecule has 0 bridgehead atoms. The number of ether oxygens (including phenoxy) is 1. The highest BCUT2D eigenvalue weighted by Crippen LogP contribution is 2.31. The van der Waals surface area contributed by atoms with Gasteiger partial charge in [0, 0.05) is 16.7 Å². The molecule has 0 saturated carbocycles. The SMILES string of the molecule is COc1ncc(-c2ccc3ncc(C#CC(C)O)n3n2)cc1NSc1ccc(F)cc1. The summed E-state index contributed by atoms with van der Waals surface area (Å²) in [6.07, 6.45) is 2.53. The average Bonchev–Trinajstić information content (AvgIpc) is 3.19. The van der Waals surface area contributed by atoms with Crippen LogP contribution in [0.1, 0.15) is 12.6 Å². The number of imidazole rings is 1. The third-order valence-corrected chi connectivity index (χ3v) is 5.03. The van der Waals surface area contributed by atoms with Gasteiger partial charge in [0.15, 0.2) is 5.65 Å². The molecule has 1 aromatic carbocycles. The van der Waals surface area contributed by atoms with E-state index in [2.05, 4.69) is 31.6 Å². The van der Waals surface area contributed by atoms with Crippen LogP contribution < -0.4 is 9.46 Å². The van der Waals surface area contributed by atoms with E-state index in [1.165, 1.54) is 24.1 Å². The van der Waals surface area contributed by atoms with Crippen LogP contribution in [-0.2, 0) is 0 Å². The van der Waals surface area contributed by atoms with E-state index in [-0.39, 0.29) is 5.82 Å². The summed E-state index contributed by atoms with van der Waals surface area (Å²) in [7, 11) is 1.54. The van der Waals surface area contributed by atoms with Gasteiger partial charge in [0.25, 0.3) is 0 Å². The molecule has 2 N–H and O–H groups in total. The predicted molar refractivity (Wildman–Crippen MR) is 117 cm³/mol. The van der Waals surface area contributed by atoms with Crippen molar-refractivity contribution >= 4 is 23.3 Å². The lowest BCUT2D eigenvalue weighted by atomic mass is 10.2. The number of aromatic nitrogens is 4. The number of aliphatic hydroxyl groups excluding tert-OH is 1. The van der Waals surface area contributed by atoms with Crippen LogP contribution in [0.15, 0.2) is 59.8 Å². The lowest BCUT2D eigenvalue weighted by Crippen LogP contribution is -2.00. The highest BCUT2D eigenvalue weighted by molar-refractivity contribution is 8.00. The summed E-state index contributed by atoms with van der Waals surface area (Å²) in [5.74, 6) is 5.71. The molecule has 0 aliphatic rings. The van der Waals surface area contributed by atoms with Gasteiger partial charge < -0.3 is 14.6 Å². The summed E-state index contributed by atoms with van der Waals surface area (Å²) in [5, 5.41) is 14.0. The van der Waals surface area contributed by atoms with Crippen LogP contribution >= 0.6 is 11.9 Å². The van der Waals surface area contributed by atoms with E-state index < -0.39 is 6.10 Å². The minimum absolute atomic E-state index is 0.288. The maximum absolute atomic E-state index is 13.1. The largest absolute Gasteiger partial charge is 0.480 e. The van der Waals surface area contributed by atoms with E-state index in [0.29, 0.717) is 28.6 Å². The van der Waals surface area contributed by atoms with Crippen molar-refractivity contribution in [2.45, 2.75) is 17.9 Å². The zero-order valence-electron chi connectivity index (χ0n) is 16.7. The van der Waals surface area contributed by atoms with Gasteiger partial charge in [-0.15, -0.1) is 0 Å². The second kappa shape index (κ2) is 9.04. The lowest BCUT2D eigenvalue weighted by Gasteiger charge is -2.11. The Labute approximate surface area is 182 Å². The third kappa shape index (κ3) is 4.77. The fourth-order valence-electron chi connectivity index (χ4n) is 2.74. The summed E-state index contributed by atoms with van der Waals surface area (Å²) >= 11 is 1.32. The summed E-state index contributed by atoms with van der Waals surface area (Å²) in [4.78, 5) is 9.49. The van der Waals surface area contributed by atoms with E-state index in [1.54, 1.807) is 43.1 Å². The maximum Gasteiger partial charge on any atom is 0.237 e. The lowest BCUT2D eigenvalue weighted by molar-refractivity contribution is 0.253. The molecule has 31 heavy (non-hydrogen) atoms. The number of pyridine rings is 1. The van der Waals surface area contributed by atoms with E-state index in [4.69, 9.17) is 4.74 Å². The van der Waals surface area contributed by atoms with E-state index in [0.717, 1.165) is 10.5 Å². The number of hydrogen-bond acceptors (Lipinski definition) is 7. The molecule has 0 amide bonds. The molecule has 156 valence electrons. The van der Waals surface area contributed by atoms with Gasteiger partial charge in [0.05, 0.1) is 19.0 Å². The number of hydrogen-bond donors (Lipinski definition) is 2. The summed E-state index contributed by atoms with van der Waals surface area (Å²) < 4.78 is 23.3. The quantitative estimate of drug-likeness (QED) is 0.364. The molecule has 0 aliphatic carbocycles. The Balaban J connectivity index is 1.65. The number of methoxy groups -OCH3 is 1. The Hall–Kier alpha value is -3.61. The molecule has 0 spiro atoms. The summed E-state index contributed by atoms with van der Waals surface area (Å²) in [6, 6.07) is 11.7.